The summed E-state index contributed by atoms with van der Waals surface area (Å²) in [7, 11) is 2.16. The summed E-state index contributed by atoms with van der Waals surface area (Å²) in [5.41, 5.74) is 5.39. The maximum absolute atomic E-state index is 7.45. The maximum atomic E-state index is 7.45. The number of amidine groups is 1. The Morgan fingerprint density at radius 1 is 1.50 bits per heavy atom. The second-order valence-electron chi connectivity index (χ2n) is 5.25. The first kappa shape index (κ1) is 11.5. The lowest BCUT2D eigenvalue weighted by Crippen LogP contribution is -2.35. The lowest BCUT2D eigenvalue weighted by Gasteiger charge is -2.26. The van der Waals surface area contributed by atoms with Gasteiger partial charge in [-0.3, -0.25) is 5.41 Å². The van der Waals surface area contributed by atoms with E-state index in [0.717, 1.165) is 18.9 Å². The molecule has 3 heteroatoms. The average molecular weight is 197 g/mol. The fourth-order valence-corrected chi connectivity index (χ4v) is 1.44. The summed E-state index contributed by atoms with van der Waals surface area (Å²) in [5.74, 6) is 1.25. The molecule has 0 atom stereocenters. The zero-order valence-corrected chi connectivity index (χ0v) is 9.64. The van der Waals surface area contributed by atoms with Crippen LogP contribution in [0.4, 0.5) is 0 Å². The van der Waals surface area contributed by atoms with Crippen molar-refractivity contribution in [2.45, 2.75) is 33.1 Å². The van der Waals surface area contributed by atoms with Crippen LogP contribution < -0.4 is 5.73 Å². The molecular weight excluding hydrogens is 174 g/mol. The average Bonchev–Trinajstić information content (AvgIpc) is 2.85. The highest BCUT2D eigenvalue weighted by Crippen LogP contribution is 2.29. The van der Waals surface area contributed by atoms with Crippen molar-refractivity contribution in [3.63, 3.8) is 0 Å². The van der Waals surface area contributed by atoms with Crippen molar-refractivity contribution >= 4 is 5.84 Å². The number of hydrogen-bond acceptors (Lipinski definition) is 2. The van der Waals surface area contributed by atoms with Gasteiger partial charge in [0, 0.05) is 12.0 Å². The smallest absolute Gasteiger partial charge is 0.0963 e. The van der Waals surface area contributed by atoms with Crippen LogP contribution in [0, 0.1) is 16.7 Å². The van der Waals surface area contributed by atoms with Gasteiger partial charge in [0.05, 0.1) is 5.84 Å². The number of hydrogen-bond donors (Lipinski definition) is 2. The van der Waals surface area contributed by atoms with E-state index in [1.54, 1.807) is 0 Å². The van der Waals surface area contributed by atoms with Crippen molar-refractivity contribution in [3.05, 3.63) is 0 Å². The largest absolute Gasteiger partial charge is 0.387 e. The second kappa shape index (κ2) is 4.30. The Labute approximate surface area is 87.2 Å². The zero-order valence-electron chi connectivity index (χ0n) is 9.64. The van der Waals surface area contributed by atoms with E-state index in [4.69, 9.17) is 11.1 Å². The summed E-state index contributed by atoms with van der Waals surface area (Å²) in [6.07, 6.45) is 3.78. The van der Waals surface area contributed by atoms with Crippen LogP contribution in [-0.4, -0.2) is 30.9 Å². The fraction of sp³-hybridized carbons (Fsp3) is 0.909. The van der Waals surface area contributed by atoms with Crippen LogP contribution in [0.15, 0.2) is 0 Å². The van der Waals surface area contributed by atoms with Gasteiger partial charge in [-0.05, 0) is 38.8 Å². The molecule has 0 saturated heterocycles. The van der Waals surface area contributed by atoms with Crippen molar-refractivity contribution < 1.29 is 0 Å². The summed E-state index contributed by atoms with van der Waals surface area (Å²) in [6, 6.07) is 0. The van der Waals surface area contributed by atoms with Crippen molar-refractivity contribution in [1.29, 1.82) is 5.41 Å². The number of nitrogens with one attached hydrogen (secondary N) is 1. The molecule has 0 bridgehead atoms. The van der Waals surface area contributed by atoms with Crippen LogP contribution in [-0.2, 0) is 0 Å². The minimum absolute atomic E-state index is 0.141. The molecule has 1 saturated carbocycles. The van der Waals surface area contributed by atoms with Gasteiger partial charge in [-0.15, -0.1) is 0 Å². The second-order valence-corrected chi connectivity index (χ2v) is 5.25. The Bertz CT molecular complexity index is 207. The minimum atomic E-state index is -0.141. The summed E-state index contributed by atoms with van der Waals surface area (Å²) < 4.78 is 0. The molecule has 3 N–H and O–H groups in total. The molecular formula is C11H23N3. The van der Waals surface area contributed by atoms with Crippen molar-refractivity contribution in [3.8, 4) is 0 Å². The third kappa shape index (κ3) is 3.66. The molecule has 0 amide bonds. The van der Waals surface area contributed by atoms with Gasteiger partial charge in [-0.25, -0.2) is 0 Å². The van der Waals surface area contributed by atoms with Gasteiger partial charge in [-0.2, -0.15) is 0 Å². The Balaban J connectivity index is 2.20. The fourth-order valence-electron chi connectivity index (χ4n) is 1.44. The van der Waals surface area contributed by atoms with Crippen LogP contribution in [0.1, 0.15) is 33.1 Å². The first-order valence-corrected chi connectivity index (χ1v) is 5.45. The molecule has 1 fully saturated rings. The zero-order chi connectivity index (χ0) is 10.8. The molecule has 1 rings (SSSR count). The number of nitrogens with two attached hydrogens (primary N) is 1. The maximum Gasteiger partial charge on any atom is 0.0963 e. The normalized spacial score (nSPS) is 17.4. The predicted octanol–water partition coefficient (Wildman–Crippen LogP) is 1.68. The highest BCUT2D eigenvalue weighted by molar-refractivity contribution is 5.82. The molecule has 0 radical (unpaired) electrons. The highest BCUT2D eigenvalue weighted by Gasteiger charge is 2.25. The summed E-state index contributed by atoms with van der Waals surface area (Å²) >= 11 is 0. The van der Waals surface area contributed by atoms with Crippen molar-refractivity contribution in [2.24, 2.45) is 17.1 Å². The van der Waals surface area contributed by atoms with Gasteiger partial charge < -0.3 is 10.6 Å². The highest BCUT2D eigenvalue weighted by atomic mass is 15.1. The first-order chi connectivity index (χ1) is 6.42. The summed E-state index contributed by atoms with van der Waals surface area (Å²) in [5, 5.41) is 7.45. The van der Waals surface area contributed by atoms with Crippen LogP contribution in [0.3, 0.4) is 0 Å². The van der Waals surface area contributed by atoms with Crippen LogP contribution >= 0.6 is 0 Å². The van der Waals surface area contributed by atoms with E-state index in [-0.39, 0.29) is 5.41 Å². The van der Waals surface area contributed by atoms with E-state index in [2.05, 4.69) is 11.9 Å². The van der Waals surface area contributed by atoms with E-state index in [1.807, 2.05) is 13.8 Å². The van der Waals surface area contributed by atoms with Gasteiger partial charge in [0.2, 0.25) is 0 Å². The molecule has 0 heterocycles. The molecule has 0 aromatic heterocycles. The van der Waals surface area contributed by atoms with Gasteiger partial charge in [-0.1, -0.05) is 13.8 Å². The Morgan fingerprint density at radius 2 is 2.07 bits per heavy atom. The molecule has 3 nitrogen and oxygen atoms in total. The number of nitrogens with zero attached hydrogens (tertiary/aromatic N) is 1. The third-order valence-electron chi connectivity index (χ3n) is 3.11. The molecule has 0 spiro atoms. The molecule has 1 aliphatic rings. The Kier molecular flexibility index (Phi) is 3.53. The van der Waals surface area contributed by atoms with E-state index < -0.39 is 0 Å². The first-order valence-electron chi connectivity index (χ1n) is 5.45. The molecule has 0 aromatic carbocycles. The topological polar surface area (TPSA) is 53.1 Å². The van der Waals surface area contributed by atoms with Crippen LogP contribution in [0.25, 0.3) is 0 Å². The van der Waals surface area contributed by atoms with Crippen molar-refractivity contribution in [2.75, 3.05) is 20.1 Å². The SMILES string of the molecule is CN(CCC(C)(C)C(=N)N)CC1CC1. The van der Waals surface area contributed by atoms with Crippen LogP contribution in [0.2, 0.25) is 0 Å². The van der Waals surface area contributed by atoms with E-state index >= 15 is 0 Å². The standard InChI is InChI=1S/C11H23N3/c1-11(2,10(12)13)6-7-14(3)8-9-4-5-9/h9H,4-8H2,1-3H3,(H3,12,13). The van der Waals surface area contributed by atoms with Gasteiger partial charge in [0.1, 0.15) is 0 Å². The molecule has 0 unspecified atom stereocenters. The Morgan fingerprint density at radius 3 is 2.50 bits per heavy atom. The molecule has 14 heavy (non-hydrogen) atoms. The van der Waals surface area contributed by atoms with E-state index in [0.29, 0.717) is 5.84 Å². The Hall–Kier alpha value is -0.570. The third-order valence-corrected chi connectivity index (χ3v) is 3.11. The molecule has 0 aliphatic heterocycles. The predicted molar refractivity (Wildman–Crippen MR) is 60.5 cm³/mol. The quantitative estimate of drug-likeness (QED) is 0.503. The molecule has 1 aliphatic carbocycles. The lowest BCUT2D eigenvalue weighted by molar-refractivity contribution is 0.281. The van der Waals surface area contributed by atoms with Gasteiger partial charge in [0.15, 0.2) is 0 Å². The van der Waals surface area contributed by atoms with E-state index in [1.165, 1.54) is 19.4 Å². The summed E-state index contributed by atoms with van der Waals surface area (Å²) in [4.78, 5) is 2.36. The molecule has 0 aromatic rings. The number of rotatable bonds is 6. The summed E-state index contributed by atoms with van der Waals surface area (Å²) in [6.45, 7) is 6.34. The van der Waals surface area contributed by atoms with Gasteiger partial charge >= 0.3 is 0 Å². The van der Waals surface area contributed by atoms with Gasteiger partial charge in [0.25, 0.3) is 0 Å². The van der Waals surface area contributed by atoms with Crippen LogP contribution in [0.5, 0.6) is 0 Å². The monoisotopic (exact) mass is 197 g/mol. The minimum Gasteiger partial charge on any atom is -0.387 e. The lowest BCUT2D eigenvalue weighted by atomic mass is 9.88. The molecule has 82 valence electrons. The van der Waals surface area contributed by atoms with Crippen molar-refractivity contribution in [1.82, 2.24) is 4.90 Å². The van der Waals surface area contributed by atoms with E-state index in [9.17, 15) is 0 Å².